The van der Waals surface area contributed by atoms with Gasteiger partial charge in [0, 0.05) is 37.9 Å². The molecule has 1 unspecified atom stereocenters. The van der Waals surface area contributed by atoms with Gasteiger partial charge in [-0.15, -0.1) is 0 Å². The van der Waals surface area contributed by atoms with E-state index in [-0.39, 0.29) is 12.4 Å². The first-order chi connectivity index (χ1) is 14.0. The molecular weight excluding hydrogens is 375 g/mol. The Morgan fingerprint density at radius 3 is 2.21 bits per heavy atom. The number of hydrogen-bond donors (Lipinski definition) is 2. The van der Waals surface area contributed by atoms with Crippen molar-refractivity contribution in [1.29, 1.82) is 0 Å². The van der Waals surface area contributed by atoms with Crippen molar-refractivity contribution in [3.05, 3.63) is 53.8 Å². The van der Waals surface area contributed by atoms with Crippen LogP contribution in [0, 0.1) is 5.82 Å². The summed E-state index contributed by atoms with van der Waals surface area (Å²) < 4.78 is 23.6. The van der Waals surface area contributed by atoms with Gasteiger partial charge in [-0.1, -0.05) is 0 Å². The van der Waals surface area contributed by atoms with Gasteiger partial charge in [-0.25, -0.2) is 4.39 Å². The molecule has 0 amide bonds. The average Bonchev–Trinajstić information content (AvgIpc) is 2.77. The molecule has 2 aromatic rings. The Labute approximate surface area is 170 Å². The molecular formula is C21H27FN4O3. The van der Waals surface area contributed by atoms with E-state index in [1.165, 1.54) is 12.1 Å². The van der Waals surface area contributed by atoms with Crippen LogP contribution in [0.1, 0.15) is 11.7 Å². The third-order valence-corrected chi connectivity index (χ3v) is 4.98. The predicted molar refractivity (Wildman–Crippen MR) is 111 cm³/mol. The Balaban J connectivity index is 1.57. The van der Waals surface area contributed by atoms with Crippen LogP contribution in [-0.2, 0) is 0 Å². The Morgan fingerprint density at radius 1 is 1.07 bits per heavy atom. The highest BCUT2D eigenvalue weighted by molar-refractivity contribution is 5.78. The van der Waals surface area contributed by atoms with Gasteiger partial charge < -0.3 is 30.1 Å². The standard InChI is InChI=1S/C21H27FN4O3/c1-28-18-11-15(12-19(13-18)29-2)20(27)14-24-21(23)26-9-7-25(8-10-26)17-5-3-16(22)4-6-17/h3-6,11-13,20,27H,7-10,14H2,1-2H3,(H2,23,24). The smallest absolute Gasteiger partial charge is 0.191 e. The van der Waals surface area contributed by atoms with Crippen molar-refractivity contribution >= 4 is 11.6 Å². The highest BCUT2D eigenvalue weighted by atomic mass is 19.1. The molecule has 0 radical (unpaired) electrons. The van der Waals surface area contributed by atoms with Crippen LogP contribution in [0.25, 0.3) is 0 Å². The summed E-state index contributed by atoms with van der Waals surface area (Å²) >= 11 is 0. The molecule has 7 nitrogen and oxygen atoms in total. The molecule has 8 heteroatoms. The number of anilines is 1. The van der Waals surface area contributed by atoms with Gasteiger partial charge in [-0.2, -0.15) is 0 Å². The second-order valence-electron chi connectivity index (χ2n) is 6.81. The van der Waals surface area contributed by atoms with Crippen molar-refractivity contribution in [2.45, 2.75) is 6.10 Å². The lowest BCUT2D eigenvalue weighted by Crippen LogP contribution is -2.51. The summed E-state index contributed by atoms with van der Waals surface area (Å²) in [5.41, 5.74) is 7.78. The molecule has 156 valence electrons. The lowest BCUT2D eigenvalue weighted by molar-refractivity contribution is 0.185. The molecule has 0 saturated carbocycles. The summed E-state index contributed by atoms with van der Waals surface area (Å²) in [6, 6.07) is 11.7. The van der Waals surface area contributed by atoms with Gasteiger partial charge in [0.05, 0.1) is 26.9 Å². The molecule has 1 aliphatic heterocycles. The van der Waals surface area contributed by atoms with Gasteiger partial charge >= 0.3 is 0 Å². The Hall–Kier alpha value is -3.00. The maximum atomic E-state index is 13.1. The van der Waals surface area contributed by atoms with Crippen LogP contribution in [0.2, 0.25) is 0 Å². The second kappa shape index (κ2) is 9.47. The minimum Gasteiger partial charge on any atom is -0.497 e. The lowest BCUT2D eigenvalue weighted by Gasteiger charge is -2.36. The normalized spacial score (nSPS) is 15.9. The molecule has 0 aromatic heterocycles. The summed E-state index contributed by atoms with van der Waals surface area (Å²) in [7, 11) is 3.12. The van der Waals surface area contributed by atoms with E-state index in [1.807, 2.05) is 4.90 Å². The predicted octanol–water partition coefficient (Wildman–Crippen LogP) is 2.01. The molecule has 29 heavy (non-hydrogen) atoms. The van der Waals surface area contributed by atoms with E-state index in [2.05, 4.69) is 9.89 Å². The fourth-order valence-electron chi connectivity index (χ4n) is 3.25. The zero-order chi connectivity index (χ0) is 20.8. The van der Waals surface area contributed by atoms with E-state index < -0.39 is 6.10 Å². The van der Waals surface area contributed by atoms with Crippen LogP contribution in [0.4, 0.5) is 10.1 Å². The van der Waals surface area contributed by atoms with E-state index in [4.69, 9.17) is 15.2 Å². The van der Waals surface area contributed by atoms with E-state index in [1.54, 1.807) is 44.6 Å². The highest BCUT2D eigenvalue weighted by Crippen LogP contribution is 2.26. The maximum Gasteiger partial charge on any atom is 0.191 e. The average molecular weight is 402 g/mol. The number of rotatable bonds is 6. The van der Waals surface area contributed by atoms with Crippen molar-refractivity contribution in [2.24, 2.45) is 10.7 Å². The number of aliphatic imine (C=N–C) groups is 1. The minimum atomic E-state index is -0.821. The van der Waals surface area contributed by atoms with Gasteiger partial charge in [-0.3, -0.25) is 4.99 Å². The van der Waals surface area contributed by atoms with Gasteiger partial charge in [0.2, 0.25) is 0 Å². The zero-order valence-corrected chi connectivity index (χ0v) is 16.7. The Morgan fingerprint density at radius 2 is 1.66 bits per heavy atom. The summed E-state index contributed by atoms with van der Waals surface area (Å²) in [4.78, 5) is 8.53. The van der Waals surface area contributed by atoms with Crippen LogP contribution in [0.3, 0.4) is 0 Å². The maximum absolute atomic E-state index is 13.1. The summed E-state index contributed by atoms with van der Waals surface area (Å²) in [6.07, 6.45) is -0.821. The molecule has 1 fully saturated rings. The van der Waals surface area contributed by atoms with Crippen LogP contribution >= 0.6 is 0 Å². The lowest BCUT2D eigenvalue weighted by atomic mass is 10.1. The van der Waals surface area contributed by atoms with Gasteiger partial charge in [0.1, 0.15) is 17.3 Å². The zero-order valence-electron chi connectivity index (χ0n) is 16.7. The number of guanidine groups is 1. The topological polar surface area (TPSA) is 83.5 Å². The van der Waals surface area contributed by atoms with Crippen LogP contribution in [0.5, 0.6) is 11.5 Å². The van der Waals surface area contributed by atoms with Crippen molar-refractivity contribution in [3.63, 3.8) is 0 Å². The van der Waals surface area contributed by atoms with Crippen molar-refractivity contribution in [1.82, 2.24) is 4.90 Å². The third-order valence-electron chi connectivity index (χ3n) is 4.98. The van der Waals surface area contributed by atoms with Crippen molar-refractivity contribution in [2.75, 3.05) is 51.8 Å². The number of piperazine rings is 1. The molecule has 0 bridgehead atoms. The van der Waals surface area contributed by atoms with Gasteiger partial charge in [0.15, 0.2) is 5.96 Å². The van der Waals surface area contributed by atoms with E-state index in [9.17, 15) is 9.50 Å². The van der Waals surface area contributed by atoms with E-state index >= 15 is 0 Å². The molecule has 1 aliphatic rings. The van der Waals surface area contributed by atoms with Gasteiger partial charge in [0.25, 0.3) is 0 Å². The number of ether oxygens (including phenoxy) is 2. The summed E-state index contributed by atoms with van der Waals surface area (Å²) in [6.45, 7) is 3.07. The number of benzene rings is 2. The fourth-order valence-corrected chi connectivity index (χ4v) is 3.25. The number of aliphatic hydroxyl groups excluding tert-OH is 1. The Bertz CT molecular complexity index is 814. The Kier molecular flexibility index (Phi) is 6.77. The number of aliphatic hydroxyl groups is 1. The number of halogens is 1. The minimum absolute atomic E-state index is 0.139. The fraction of sp³-hybridized carbons (Fsp3) is 0.381. The third kappa shape index (κ3) is 5.29. The van der Waals surface area contributed by atoms with Gasteiger partial charge in [-0.05, 0) is 42.0 Å². The molecule has 0 spiro atoms. The number of nitrogens with zero attached hydrogens (tertiary/aromatic N) is 3. The first kappa shape index (κ1) is 20.7. The number of methoxy groups -OCH3 is 2. The first-order valence-electron chi connectivity index (χ1n) is 9.46. The molecule has 0 aliphatic carbocycles. The molecule has 2 aromatic carbocycles. The van der Waals surface area contributed by atoms with Crippen molar-refractivity contribution in [3.8, 4) is 11.5 Å². The monoisotopic (exact) mass is 402 g/mol. The SMILES string of the molecule is COc1cc(OC)cc(C(O)CN=C(N)N2CCN(c3ccc(F)cc3)CC2)c1. The van der Waals surface area contributed by atoms with Crippen LogP contribution < -0.4 is 20.1 Å². The second-order valence-corrected chi connectivity index (χ2v) is 6.81. The van der Waals surface area contributed by atoms with Crippen LogP contribution in [0.15, 0.2) is 47.5 Å². The molecule has 1 heterocycles. The summed E-state index contributed by atoms with van der Waals surface area (Å²) in [5, 5.41) is 10.5. The first-order valence-corrected chi connectivity index (χ1v) is 9.46. The van der Waals surface area contributed by atoms with E-state index in [0.717, 1.165) is 18.8 Å². The van der Waals surface area contributed by atoms with Crippen molar-refractivity contribution < 1.29 is 19.0 Å². The number of nitrogens with two attached hydrogens (primary N) is 1. The quantitative estimate of drug-likeness (QED) is 0.568. The molecule has 3 rings (SSSR count). The van der Waals surface area contributed by atoms with E-state index in [0.29, 0.717) is 36.1 Å². The molecule has 1 atom stereocenters. The molecule has 1 saturated heterocycles. The largest absolute Gasteiger partial charge is 0.497 e. The summed E-state index contributed by atoms with van der Waals surface area (Å²) in [5.74, 6) is 1.37. The highest BCUT2D eigenvalue weighted by Gasteiger charge is 2.19. The molecule has 3 N–H and O–H groups in total. The van der Waals surface area contributed by atoms with Crippen LogP contribution in [-0.4, -0.2) is 62.9 Å². The number of hydrogen-bond acceptors (Lipinski definition) is 5.